The Morgan fingerprint density at radius 1 is 0.882 bits per heavy atom. The highest BCUT2D eigenvalue weighted by Gasteiger charge is 2.28. The summed E-state index contributed by atoms with van der Waals surface area (Å²) in [6, 6.07) is 19.9. The molecule has 0 bridgehead atoms. The molecular formula is C25H26N4O5. The van der Waals surface area contributed by atoms with E-state index in [1.807, 2.05) is 6.07 Å². The second-order valence-corrected chi connectivity index (χ2v) is 7.48. The van der Waals surface area contributed by atoms with Crippen LogP contribution in [0.5, 0.6) is 5.75 Å². The van der Waals surface area contributed by atoms with Gasteiger partial charge in [0.25, 0.3) is 0 Å². The van der Waals surface area contributed by atoms with Gasteiger partial charge in [-0.1, -0.05) is 36.4 Å². The summed E-state index contributed by atoms with van der Waals surface area (Å²) in [6.07, 6.45) is 0. The van der Waals surface area contributed by atoms with Crippen molar-refractivity contribution in [2.75, 3.05) is 22.1 Å². The second-order valence-electron chi connectivity index (χ2n) is 7.48. The molecule has 3 aromatic carbocycles. The summed E-state index contributed by atoms with van der Waals surface area (Å²) in [6.45, 7) is 0.988. The molecule has 176 valence electrons. The van der Waals surface area contributed by atoms with Gasteiger partial charge in [0.2, 0.25) is 11.8 Å². The Labute approximate surface area is 197 Å². The summed E-state index contributed by atoms with van der Waals surface area (Å²) >= 11 is 0. The van der Waals surface area contributed by atoms with Crippen molar-refractivity contribution in [3.8, 4) is 5.75 Å². The van der Waals surface area contributed by atoms with Crippen molar-refractivity contribution in [1.29, 1.82) is 0 Å². The molecule has 1 atom stereocenters. The van der Waals surface area contributed by atoms with Crippen LogP contribution in [0.15, 0.2) is 78.9 Å². The zero-order valence-electron chi connectivity index (χ0n) is 18.6. The van der Waals surface area contributed by atoms with Crippen molar-refractivity contribution in [1.82, 2.24) is 5.32 Å². The van der Waals surface area contributed by atoms with Crippen LogP contribution in [0.4, 0.5) is 21.9 Å². The Morgan fingerprint density at radius 2 is 1.59 bits per heavy atom. The van der Waals surface area contributed by atoms with Gasteiger partial charge in [0.15, 0.2) is 0 Å². The number of phenolic OH excluding ortho intramolecular Hbond substituents is 1. The molecule has 0 heterocycles. The molecule has 0 aromatic heterocycles. The number of aromatic hydroxyl groups is 1. The number of nitrogens with zero attached hydrogens (tertiary/aromatic N) is 1. The first-order chi connectivity index (χ1) is 16.4. The molecule has 3 aromatic rings. The van der Waals surface area contributed by atoms with E-state index in [0.29, 0.717) is 22.6 Å². The molecule has 0 aliphatic heterocycles. The molecule has 0 radical (unpaired) electrons. The largest absolute Gasteiger partial charge is 0.508 e. The van der Waals surface area contributed by atoms with Crippen LogP contribution in [0.1, 0.15) is 12.5 Å². The standard InChI is InChI=1S/C25H26N4O5/c1-17(24(33)27-19-8-3-2-4-9-19)29(21-11-6-12-22(31)14-21)23(32)15-26-25(34)28-20-10-5-7-18(13-20)16-30/h2-14,17,30-31H,15-16H2,1H3,(H,27,33)(H2,26,28,34). The third-order valence-corrected chi connectivity index (χ3v) is 4.95. The number of amides is 4. The normalized spacial score (nSPS) is 11.2. The lowest BCUT2D eigenvalue weighted by atomic mass is 10.2. The molecule has 9 heteroatoms. The molecule has 0 aliphatic rings. The van der Waals surface area contributed by atoms with Crippen LogP contribution in [0, 0.1) is 0 Å². The van der Waals surface area contributed by atoms with Crippen molar-refractivity contribution in [3.63, 3.8) is 0 Å². The maximum absolute atomic E-state index is 13.1. The van der Waals surface area contributed by atoms with E-state index in [2.05, 4.69) is 16.0 Å². The fourth-order valence-corrected chi connectivity index (χ4v) is 3.28. The lowest BCUT2D eigenvalue weighted by Gasteiger charge is -2.29. The number of hydrogen-bond donors (Lipinski definition) is 5. The van der Waals surface area contributed by atoms with E-state index in [1.54, 1.807) is 67.6 Å². The number of anilines is 3. The van der Waals surface area contributed by atoms with Gasteiger partial charge in [-0.15, -0.1) is 0 Å². The Balaban J connectivity index is 1.71. The van der Waals surface area contributed by atoms with Crippen molar-refractivity contribution in [2.45, 2.75) is 19.6 Å². The predicted octanol–water partition coefficient (Wildman–Crippen LogP) is 3.07. The van der Waals surface area contributed by atoms with Gasteiger partial charge in [0, 0.05) is 23.1 Å². The predicted molar refractivity (Wildman–Crippen MR) is 130 cm³/mol. The Kier molecular flexibility index (Phi) is 8.20. The minimum Gasteiger partial charge on any atom is -0.508 e. The number of aliphatic hydroxyl groups excluding tert-OH is 1. The minimum absolute atomic E-state index is 0.0690. The highest BCUT2D eigenvalue weighted by Crippen LogP contribution is 2.23. The number of urea groups is 1. The number of benzene rings is 3. The van der Waals surface area contributed by atoms with Gasteiger partial charge in [-0.05, 0) is 48.9 Å². The molecule has 4 amide bonds. The average Bonchev–Trinajstić information content (AvgIpc) is 2.83. The summed E-state index contributed by atoms with van der Waals surface area (Å²) in [7, 11) is 0. The first-order valence-corrected chi connectivity index (χ1v) is 10.6. The van der Waals surface area contributed by atoms with Gasteiger partial charge in [-0.3, -0.25) is 14.5 Å². The van der Waals surface area contributed by atoms with Crippen LogP contribution < -0.4 is 20.9 Å². The van der Waals surface area contributed by atoms with Crippen LogP contribution in [0.3, 0.4) is 0 Å². The summed E-state index contributed by atoms with van der Waals surface area (Å²) in [4.78, 5) is 39.5. The van der Waals surface area contributed by atoms with Crippen LogP contribution >= 0.6 is 0 Å². The van der Waals surface area contributed by atoms with Gasteiger partial charge >= 0.3 is 6.03 Å². The van der Waals surface area contributed by atoms with Gasteiger partial charge in [0.05, 0.1) is 13.2 Å². The molecule has 0 saturated heterocycles. The van der Waals surface area contributed by atoms with Crippen LogP contribution in [0.2, 0.25) is 0 Å². The van der Waals surface area contributed by atoms with E-state index in [4.69, 9.17) is 0 Å². The fraction of sp³-hybridized carbons (Fsp3) is 0.160. The second kappa shape index (κ2) is 11.5. The molecule has 9 nitrogen and oxygen atoms in total. The van der Waals surface area contributed by atoms with Crippen LogP contribution in [0.25, 0.3) is 0 Å². The monoisotopic (exact) mass is 462 g/mol. The summed E-state index contributed by atoms with van der Waals surface area (Å²) in [5.41, 5.74) is 1.96. The third-order valence-electron chi connectivity index (χ3n) is 4.95. The van der Waals surface area contributed by atoms with Crippen molar-refractivity contribution in [2.24, 2.45) is 0 Å². The smallest absolute Gasteiger partial charge is 0.319 e. The minimum atomic E-state index is -0.944. The molecular weight excluding hydrogens is 436 g/mol. The SMILES string of the molecule is CC(C(=O)Nc1ccccc1)N(C(=O)CNC(=O)Nc1cccc(CO)c1)c1cccc(O)c1. The molecule has 0 spiro atoms. The van der Waals surface area contributed by atoms with E-state index >= 15 is 0 Å². The molecule has 5 N–H and O–H groups in total. The third kappa shape index (κ3) is 6.57. The molecule has 0 aliphatic carbocycles. The number of rotatable bonds is 8. The average molecular weight is 463 g/mol. The first-order valence-electron chi connectivity index (χ1n) is 10.6. The Hall–Kier alpha value is -4.37. The van der Waals surface area contributed by atoms with Gasteiger partial charge < -0.3 is 26.2 Å². The quantitative estimate of drug-likeness (QED) is 0.351. The van der Waals surface area contributed by atoms with Gasteiger partial charge in [-0.25, -0.2) is 4.79 Å². The van der Waals surface area contributed by atoms with Gasteiger partial charge in [0.1, 0.15) is 11.8 Å². The van der Waals surface area contributed by atoms with Gasteiger partial charge in [-0.2, -0.15) is 0 Å². The van der Waals surface area contributed by atoms with E-state index in [-0.39, 0.29) is 12.4 Å². The van der Waals surface area contributed by atoms with Crippen molar-refractivity contribution in [3.05, 3.63) is 84.4 Å². The fourth-order valence-electron chi connectivity index (χ4n) is 3.28. The molecule has 34 heavy (non-hydrogen) atoms. The number of nitrogens with one attached hydrogen (secondary N) is 3. The molecule has 0 fully saturated rings. The highest BCUT2D eigenvalue weighted by atomic mass is 16.3. The van der Waals surface area contributed by atoms with Crippen molar-refractivity contribution < 1.29 is 24.6 Å². The number of carbonyl (C=O) groups is 3. The molecule has 3 rings (SSSR count). The summed E-state index contributed by atoms with van der Waals surface area (Å²) in [5, 5.41) is 26.9. The number of hydrogen-bond acceptors (Lipinski definition) is 5. The summed E-state index contributed by atoms with van der Waals surface area (Å²) < 4.78 is 0. The van der Waals surface area contributed by atoms with Crippen LogP contribution in [-0.2, 0) is 16.2 Å². The lowest BCUT2D eigenvalue weighted by molar-refractivity contribution is -0.122. The number of carbonyl (C=O) groups excluding carboxylic acids is 3. The maximum Gasteiger partial charge on any atom is 0.319 e. The van der Waals surface area contributed by atoms with E-state index in [0.717, 1.165) is 0 Å². The van der Waals surface area contributed by atoms with E-state index < -0.39 is 30.4 Å². The highest BCUT2D eigenvalue weighted by molar-refractivity contribution is 6.06. The van der Waals surface area contributed by atoms with E-state index in [1.165, 1.54) is 17.0 Å². The molecule has 0 saturated carbocycles. The number of phenols is 1. The number of para-hydroxylation sites is 1. The zero-order chi connectivity index (χ0) is 24.5. The van der Waals surface area contributed by atoms with Crippen molar-refractivity contribution >= 4 is 34.9 Å². The number of aliphatic hydroxyl groups is 1. The topological polar surface area (TPSA) is 131 Å². The summed E-state index contributed by atoms with van der Waals surface area (Å²) in [5.74, 6) is -1.06. The zero-order valence-corrected chi connectivity index (χ0v) is 18.6. The van der Waals surface area contributed by atoms with E-state index in [9.17, 15) is 24.6 Å². The molecule has 1 unspecified atom stereocenters. The lowest BCUT2D eigenvalue weighted by Crippen LogP contribution is -2.50. The Bertz CT molecular complexity index is 1150. The first kappa shape index (κ1) is 24.3. The maximum atomic E-state index is 13.1. The Morgan fingerprint density at radius 3 is 2.29 bits per heavy atom. The van der Waals surface area contributed by atoms with Crippen LogP contribution in [-0.4, -0.2) is 40.6 Å².